The maximum Gasteiger partial charge on any atom is 0.274 e. The van der Waals surface area contributed by atoms with E-state index in [4.69, 9.17) is 16.1 Å². The van der Waals surface area contributed by atoms with Crippen LogP contribution in [0.2, 0.25) is 5.02 Å². The minimum absolute atomic E-state index is 0.0419. The van der Waals surface area contributed by atoms with Gasteiger partial charge in [-0.2, -0.15) is 0 Å². The van der Waals surface area contributed by atoms with Gasteiger partial charge in [0.25, 0.3) is 5.91 Å². The number of nitrogens with one attached hydrogen (secondary N) is 4. The monoisotopic (exact) mass is 582 g/mol. The SMILES string of the molecule is Cc1cc(C(=O)N[C@@H](CC(=O)NCC(C)(C)C)C(=O)N[C@@H](Cc2cccnc2)C(=O)NCc2ccccc2Cl)no1. The number of pyridine rings is 1. The first kappa shape index (κ1) is 31.3. The summed E-state index contributed by atoms with van der Waals surface area (Å²) < 4.78 is 4.96. The zero-order chi connectivity index (χ0) is 30.0. The Labute approximate surface area is 243 Å². The van der Waals surface area contributed by atoms with Crippen molar-refractivity contribution in [1.82, 2.24) is 31.4 Å². The van der Waals surface area contributed by atoms with Crippen molar-refractivity contribution in [2.45, 2.75) is 59.2 Å². The first-order valence-electron chi connectivity index (χ1n) is 13.1. The van der Waals surface area contributed by atoms with Gasteiger partial charge in [0.2, 0.25) is 17.7 Å². The van der Waals surface area contributed by atoms with Crippen LogP contribution in [-0.4, -0.2) is 52.4 Å². The second-order valence-electron chi connectivity index (χ2n) is 10.8. The predicted octanol–water partition coefficient (Wildman–Crippen LogP) is 2.73. The van der Waals surface area contributed by atoms with Crippen LogP contribution in [0.1, 0.15) is 54.6 Å². The van der Waals surface area contributed by atoms with E-state index in [9.17, 15) is 19.2 Å². The van der Waals surface area contributed by atoms with Gasteiger partial charge < -0.3 is 25.8 Å². The van der Waals surface area contributed by atoms with E-state index in [0.717, 1.165) is 0 Å². The van der Waals surface area contributed by atoms with Crippen molar-refractivity contribution >= 4 is 35.2 Å². The fraction of sp³-hybridized carbons (Fsp3) is 0.379. The Kier molecular flexibility index (Phi) is 11.0. The van der Waals surface area contributed by atoms with Crippen LogP contribution in [0.3, 0.4) is 0 Å². The lowest BCUT2D eigenvalue weighted by Gasteiger charge is -2.24. The van der Waals surface area contributed by atoms with Crippen LogP contribution in [-0.2, 0) is 27.3 Å². The molecule has 0 saturated heterocycles. The Morgan fingerprint density at radius 2 is 1.73 bits per heavy atom. The number of benzene rings is 1. The molecule has 0 bridgehead atoms. The lowest BCUT2D eigenvalue weighted by Crippen LogP contribution is -2.55. The fourth-order valence-electron chi connectivity index (χ4n) is 3.72. The molecule has 4 N–H and O–H groups in total. The van der Waals surface area contributed by atoms with Crippen molar-refractivity contribution in [3.05, 3.63) is 82.5 Å². The number of hydrogen-bond donors (Lipinski definition) is 4. The molecule has 1 aromatic carbocycles. The average Bonchev–Trinajstić information content (AvgIpc) is 3.37. The molecule has 0 unspecified atom stereocenters. The summed E-state index contributed by atoms with van der Waals surface area (Å²) in [6, 6.07) is 9.65. The Balaban J connectivity index is 1.79. The maximum absolute atomic E-state index is 13.5. The number of rotatable bonds is 12. The van der Waals surface area contributed by atoms with Crippen LogP contribution in [0.25, 0.3) is 0 Å². The standard InChI is InChI=1S/C29H35ClN6O5/c1-18-12-24(36-41-18)28(40)35-23(14-25(37)33-17-29(2,3)4)27(39)34-22(13-19-8-7-11-31-15-19)26(38)32-16-20-9-5-6-10-21(20)30/h5-12,15,22-23H,13-14,16-17H2,1-4H3,(H,32,38)(H,33,37)(H,34,39)(H,35,40)/t22-,23-/m0/s1. The third-order valence-electron chi connectivity index (χ3n) is 5.89. The van der Waals surface area contributed by atoms with Gasteiger partial charge in [-0.25, -0.2) is 0 Å². The Morgan fingerprint density at radius 1 is 0.976 bits per heavy atom. The third kappa shape index (κ3) is 10.3. The summed E-state index contributed by atoms with van der Waals surface area (Å²) in [6.45, 7) is 7.99. The van der Waals surface area contributed by atoms with Gasteiger partial charge in [-0.15, -0.1) is 0 Å². The van der Waals surface area contributed by atoms with E-state index in [-0.39, 0.29) is 30.5 Å². The molecule has 2 heterocycles. The average molecular weight is 583 g/mol. The Bertz CT molecular complexity index is 1350. The smallest absolute Gasteiger partial charge is 0.274 e. The molecule has 4 amide bonds. The quantitative estimate of drug-likeness (QED) is 0.256. The number of hydrogen-bond acceptors (Lipinski definition) is 7. The minimum Gasteiger partial charge on any atom is -0.361 e. The van der Waals surface area contributed by atoms with Gasteiger partial charge in [0, 0.05) is 43.0 Å². The number of halogens is 1. The number of carbonyl (C=O) groups excluding carboxylic acids is 4. The molecule has 11 nitrogen and oxygen atoms in total. The Hall–Kier alpha value is -4.25. The molecular formula is C29H35ClN6O5. The van der Waals surface area contributed by atoms with Crippen LogP contribution in [0, 0.1) is 12.3 Å². The van der Waals surface area contributed by atoms with Gasteiger partial charge in [0.05, 0.1) is 6.42 Å². The lowest BCUT2D eigenvalue weighted by molar-refractivity contribution is -0.131. The molecule has 0 radical (unpaired) electrons. The van der Waals surface area contributed by atoms with Crippen molar-refractivity contribution in [3.63, 3.8) is 0 Å². The summed E-state index contributed by atoms with van der Waals surface area (Å²) in [5.41, 5.74) is 1.17. The number of carbonyl (C=O) groups is 4. The Morgan fingerprint density at radius 3 is 2.37 bits per heavy atom. The van der Waals surface area contributed by atoms with Crippen molar-refractivity contribution in [2.24, 2.45) is 5.41 Å². The second kappa shape index (κ2) is 14.4. The van der Waals surface area contributed by atoms with E-state index in [1.165, 1.54) is 6.07 Å². The van der Waals surface area contributed by atoms with Gasteiger partial charge in [-0.3, -0.25) is 24.2 Å². The molecule has 3 aromatic rings. The summed E-state index contributed by atoms with van der Waals surface area (Å²) in [6.07, 6.45) is 2.95. The molecule has 2 aromatic heterocycles. The van der Waals surface area contributed by atoms with Crippen molar-refractivity contribution in [3.8, 4) is 0 Å². The molecule has 41 heavy (non-hydrogen) atoms. The molecule has 0 aliphatic heterocycles. The molecule has 0 saturated carbocycles. The molecular weight excluding hydrogens is 548 g/mol. The number of amides is 4. The largest absolute Gasteiger partial charge is 0.361 e. The normalized spacial score (nSPS) is 12.6. The molecule has 218 valence electrons. The zero-order valence-corrected chi connectivity index (χ0v) is 24.2. The van der Waals surface area contributed by atoms with E-state index in [0.29, 0.717) is 28.5 Å². The molecule has 0 aliphatic carbocycles. The highest BCUT2D eigenvalue weighted by Gasteiger charge is 2.30. The van der Waals surface area contributed by atoms with Crippen LogP contribution < -0.4 is 21.3 Å². The molecule has 0 fully saturated rings. The van der Waals surface area contributed by atoms with Crippen molar-refractivity contribution < 1.29 is 23.7 Å². The van der Waals surface area contributed by atoms with E-state index in [1.54, 1.807) is 55.7 Å². The molecule has 0 spiro atoms. The summed E-state index contributed by atoms with van der Waals surface area (Å²) in [5.74, 6) is -1.92. The first-order chi connectivity index (χ1) is 19.4. The van der Waals surface area contributed by atoms with Gasteiger partial charge in [0.15, 0.2) is 5.69 Å². The van der Waals surface area contributed by atoms with Crippen LogP contribution >= 0.6 is 11.6 Å². The highest BCUT2D eigenvalue weighted by molar-refractivity contribution is 6.31. The summed E-state index contributed by atoms with van der Waals surface area (Å²) in [5, 5.41) is 15.0. The molecule has 2 atom stereocenters. The minimum atomic E-state index is -1.30. The third-order valence-corrected chi connectivity index (χ3v) is 6.26. The summed E-state index contributed by atoms with van der Waals surface area (Å²) >= 11 is 6.23. The van der Waals surface area contributed by atoms with Gasteiger partial charge in [0.1, 0.15) is 17.8 Å². The zero-order valence-electron chi connectivity index (χ0n) is 23.5. The molecule has 3 rings (SSSR count). The summed E-state index contributed by atoms with van der Waals surface area (Å²) in [7, 11) is 0. The van der Waals surface area contributed by atoms with Crippen molar-refractivity contribution in [1.29, 1.82) is 0 Å². The second-order valence-corrected chi connectivity index (χ2v) is 11.2. The topological polar surface area (TPSA) is 155 Å². The number of aromatic nitrogens is 2. The van der Waals surface area contributed by atoms with Gasteiger partial charge >= 0.3 is 0 Å². The fourth-order valence-corrected chi connectivity index (χ4v) is 3.92. The number of aryl methyl sites for hydroxylation is 1. The number of nitrogens with zero attached hydrogens (tertiary/aromatic N) is 2. The van der Waals surface area contributed by atoms with Crippen LogP contribution in [0.5, 0.6) is 0 Å². The summed E-state index contributed by atoms with van der Waals surface area (Å²) in [4.78, 5) is 56.5. The highest BCUT2D eigenvalue weighted by Crippen LogP contribution is 2.15. The molecule has 0 aliphatic rings. The van der Waals surface area contributed by atoms with E-state index < -0.39 is 35.7 Å². The van der Waals surface area contributed by atoms with Gasteiger partial charge in [-0.05, 0) is 35.6 Å². The van der Waals surface area contributed by atoms with E-state index in [1.807, 2.05) is 20.8 Å². The van der Waals surface area contributed by atoms with E-state index in [2.05, 4.69) is 31.4 Å². The molecule has 12 heteroatoms. The highest BCUT2D eigenvalue weighted by atomic mass is 35.5. The van der Waals surface area contributed by atoms with Gasteiger partial charge in [-0.1, -0.05) is 61.8 Å². The lowest BCUT2D eigenvalue weighted by atomic mass is 9.97. The first-order valence-corrected chi connectivity index (χ1v) is 13.5. The predicted molar refractivity (Wildman–Crippen MR) is 153 cm³/mol. The van der Waals surface area contributed by atoms with Crippen molar-refractivity contribution in [2.75, 3.05) is 6.54 Å². The van der Waals surface area contributed by atoms with Crippen LogP contribution in [0.15, 0.2) is 59.4 Å². The maximum atomic E-state index is 13.5. The van der Waals surface area contributed by atoms with Crippen LogP contribution in [0.4, 0.5) is 0 Å². The van der Waals surface area contributed by atoms with E-state index >= 15 is 0 Å².